The van der Waals surface area contributed by atoms with Gasteiger partial charge in [-0.2, -0.15) is 0 Å². The highest BCUT2D eigenvalue weighted by atomic mass is 16.4. The third-order valence-electron chi connectivity index (χ3n) is 14.0. The average molecular weight is 783 g/mol. The van der Waals surface area contributed by atoms with Crippen molar-refractivity contribution in [3.05, 3.63) is 0 Å². The lowest BCUT2D eigenvalue weighted by Crippen LogP contribution is -2.63. The number of fused-ring (bicyclic) bond motifs is 5. The van der Waals surface area contributed by atoms with Crippen LogP contribution in [0.2, 0.25) is 0 Å². The summed E-state index contributed by atoms with van der Waals surface area (Å²) in [5.41, 5.74) is -0.571. The zero-order valence-corrected chi connectivity index (χ0v) is 32.3. The SMILES string of the molecule is C[C@H](CCC(=O)O)[C@H]1CC[C@H]2[C@@H]3[C@H](O)C[C@@H]4C[C@@H](NC(=O)CN(CCN(CC(=O)O)CC(=O)O)CCN(CC(=O)O)CC(=O)O)CC[C@]4(C)[C@H]3C[C@H](O)[C@]12C. The number of hydrogen-bond acceptors (Lipinski definition) is 11. The second-order valence-corrected chi connectivity index (χ2v) is 17.3. The van der Waals surface area contributed by atoms with Gasteiger partial charge in [-0.15, -0.1) is 0 Å². The molecule has 0 bridgehead atoms. The molecular weight excluding hydrogens is 720 g/mol. The second kappa shape index (κ2) is 18.7. The van der Waals surface area contributed by atoms with Crippen molar-refractivity contribution in [2.24, 2.45) is 46.3 Å². The number of aliphatic carboxylic acids is 5. The van der Waals surface area contributed by atoms with Gasteiger partial charge in [0.1, 0.15) is 0 Å². The molecule has 0 unspecified atom stereocenters. The Balaban J connectivity index is 1.42. The third-order valence-corrected chi connectivity index (χ3v) is 14.0. The first-order chi connectivity index (χ1) is 25.7. The first-order valence-electron chi connectivity index (χ1n) is 19.7. The predicted octanol–water partition coefficient (Wildman–Crippen LogP) is 0.817. The number of nitrogens with one attached hydrogen (secondary N) is 1. The molecule has 4 aliphatic rings. The fraction of sp³-hybridized carbons (Fsp3) is 0.842. The number of carboxylic acids is 5. The quantitative estimate of drug-likeness (QED) is 0.0801. The Morgan fingerprint density at radius 1 is 0.673 bits per heavy atom. The fourth-order valence-electron chi connectivity index (χ4n) is 11.3. The van der Waals surface area contributed by atoms with E-state index in [1.807, 2.05) is 0 Å². The van der Waals surface area contributed by atoms with Crippen molar-refractivity contribution in [3.8, 4) is 0 Å². The van der Waals surface area contributed by atoms with Crippen LogP contribution < -0.4 is 5.32 Å². The minimum Gasteiger partial charge on any atom is -0.481 e. The van der Waals surface area contributed by atoms with E-state index in [0.29, 0.717) is 32.1 Å². The van der Waals surface area contributed by atoms with E-state index < -0.39 is 73.6 Å². The monoisotopic (exact) mass is 782 g/mol. The molecule has 0 saturated heterocycles. The molecule has 4 fully saturated rings. The molecule has 0 spiro atoms. The minimum absolute atomic E-state index is 0.0228. The molecule has 55 heavy (non-hydrogen) atoms. The number of aliphatic hydroxyl groups is 2. The molecule has 4 aliphatic carbocycles. The lowest BCUT2D eigenvalue weighted by atomic mass is 9.43. The van der Waals surface area contributed by atoms with Crippen LogP contribution in [0.4, 0.5) is 0 Å². The maximum Gasteiger partial charge on any atom is 0.317 e. The molecule has 0 radical (unpaired) electrons. The van der Waals surface area contributed by atoms with Crippen LogP contribution >= 0.6 is 0 Å². The van der Waals surface area contributed by atoms with Crippen molar-refractivity contribution >= 4 is 35.8 Å². The number of carbonyl (C=O) groups excluding carboxylic acids is 1. The van der Waals surface area contributed by atoms with Gasteiger partial charge in [0.05, 0.1) is 44.9 Å². The molecule has 0 aromatic heterocycles. The van der Waals surface area contributed by atoms with Gasteiger partial charge in [0, 0.05) is 38.6 Å². The Morgan fingerprint density at radius 3 is 1.71 bits per heavy atom. The normalized spacial score (nSPS) is 33.4. The van der Waals surface area contributed by atoms with Gasteiger partial charge < -0.3 is 41.1 Å². The number of carboxylic acid groups (broad SMARTS) is 5. The number of nitrogens with zero attached hydrogens (tertiary/aromatic N) is 3. The highest BCUT2D eigenvalue weighted by Crippen LogP contribution is 2.68. The summed E-state index contributed by atoms with van der Waals surface area (Å²) in [7, 11) is 0. The Hall–Kier alpha value is -3.38. The van der Waals surface area contributed by atoms with E-state index in [1.54, 1.807) is 4.90 Å². The molecule has 0 aliphatic heterocycles. The molecule has 17 heteroatoms. The van der Waals surface area contributed by atoms with Crippen molar-refractivity contribution in [3.63, 3.8) is 0 Å². The van der Waals surface area contributed by atoms with Crippen molar-refractivity contribution in [1.82, 2.24) is 20.0 Å². The highest BCUT2D eigenvalue weighted by molar-refractivity contribution is 5.78. The summed E-state index contributed by atoms with van der Waals surface area (Å²) in [4.78, 5) is 74.3. The van der Waals surface area contributed by atoms with Crippen molar-refractivity contribution in [2.45, 2.75) is 96.8 Å². The van der Waals surface area contributed by atoms with E-state index in [2.05, 4.69) is 26.1 Å². The van der Waals surface area contributed by atoms with Crippen LogP contribution in [0.25, 0.3) is 0 Å². The van der Waals surface area contributed by atoms with Crippen LogP contribution in [-0.2, 0) is 28.8 Å². The van der Waals surface area contributed by atoms with Gasteiger partial charge in [0.15, 0.2) is 0 Å². The Kier molecular flexibility index (Phi) is 15.1. The van der Waals surface area contributed by atoms with E-state index in [9.17, 15) is 64.5 Å². The molecule has 0 heterocycles. The average Bonchev–Trinajstić information content (AvgIpc) is 3.43. The number of aliphatic hydroxyl groups excluding tert-OH is 2. The first-order valence-corrected chi connectivity index (χ1v) is 19.7. The van der Waals surface area contributed by atoms with Gasteiger partial charge in [-0.1, -0.05) is 20.8 Å². The van der Waals surface area contributed by atoms with Crippen LogP contribution in [0.1, 0.15) is 78.6 Å². The smallest absolute Gasteiger partial charge is 0.317 e. The molecule has 312 valence electrons. The van der Waals surface area contributed by atoms with Gasteiger partial charge in [-0.25, -0.2) is 0 Å². The molecule has 0 aromatic carbocycles. The molecular formula is C38H62N4O13. The zero-order valence-electron chi connectivity index (χ0n) is 32.3. The predicted molar refractivity (Wildman–Crippen MR) is 196 cm³/mol. The summed E-state index contributed by atoms with van der Waals surface area (Å²) in [5, 5.41) is 73.2. The molecule has 11 atom stereocenters. The third kappa shape index (κ3) is 10.9. The summed E-state index contributed by atoms with van der Waals surface area (Å²) in [5.74, 6) is -5.44. The number of hydrogen-bond donors (Lipinski definition) is 8. The van der Waals surface area contributed by atoms with Crippen LogP contribution in [-0.4, -0.2) is 163 Å². The minimum atomic E-state index is -1.23. The summed E-state index contributed by atoms with van der Waals surface area (Å²) < 4.78 is 0. The van der Waals surface area contributed by atoms with E-state index >= 15 is 0 Å². The number of rotatable bonds is 21. The number of carbonyl (C=O) groups is 6. The van der Waals surface area contributed by atoms with Crippen LogP contribution in [0, 0.1) is 46.3 Å². The summed E-state index contributed by atoms with van der Waals surface area (Å²) in [6.07, 6.45) is 4.52. The maximum absolute atomic E-state index is 13.6. The van der Waals surface area contributed by atoms with E-state index in [1.165, 1.54) is 9.80 Å². The van der Waals surface area contributed by atoms with Crippen LogP contribution in [0.3, 0.4) is 0 Å². The molecule has 17 nitrogen and oxygen atoms in total. The van der Waals surface area contributed by atoms with E-state index in [-0.39, 0.29) is 92.0 Å². The van der Waals surface area contributed by atoms with Crippen LogP contribution in [0.5, 0.6) is 0 Å². The summed E-state index contributed by atoms with van der Waals surface area (Å²) in [6, 6.07) is -0.202. The Morgan fingerprint density at radius 2 is 1.20 bits per heavy atom. The molecule has 1 amide bonds. The van der Waals surface area contributed by atoms with Gasteiger partial charge >= 0.3 is 29.8 Å². The lowest BCUT2D eigenvalue weighted by Gasteiger charge is -2.63. The standard InChI is InChI=1S/C38H62N4O13/c1-22(4-7-31(46)47)25-5-6-26-36-27(16-29(44)38(25,26)3)37(2)9-8-24(14-23(37)15-28(36)43)39-30(45)17-40(10-12-41(18-32(48)49)19-33(50)51)11-13-42(20-34(52)53)21-35(54)55/h22-29,36,43-44H,4-21H2,1-3H3,(H,39,45)(H,46,47)(H,48,49)(H,50,51)(H,52,53)(H,54,55)/t22-,23+,24+,25-,26+,27+,28-,29+,36+,37+,38-/m1/s1. The first kappa shape index (κ1) is 44.3. The Bertz CT molecular complexity index is 1340. The second-order valence-electron chi connectivity index (χ2n) is 17.3. The van der Waals surface area contributed by atoms with Crippen molar-refractivity contribution in [2.75, 3.05) is 58.9 Å². The molecule has 8 N–H and O–H groups in total. The van der Waals surface area contributed by atoms with Gasteiger partial charge in [-0.3, -0.25) is 43.5 Å². The largest absolute Gasteiger partial charge is 0.481 e. The van der Waals surface area contributed by atoms with Gasteiger partial charge in [-0.05, 0) is 97.7 Å². The van der Waals surface area contributed by atoms with Gasteiger partial charge in [0.25, 0.3) is 0 Å². The topological polar surface area (TPSA) is 266 Å². The molecule has 4 rings (SSSR count). The maximum atomic E-state index is 13.6. The van der Waals surface area contributed by atoms with Gasteiger partial charge in [0.2, 0.25) is 5.91 Å². The Labute approximate surface area is 322 Å². The fourth-order valence-corrected chi connectivity index (χ4v) is 11.3. The van der Waals surface area contributed by atoms with Crippen LogP contribution in [0.15, 0.2) is 0 Å². The van der Waals surface area contributed by atoms with Crippen molar-refractivity contribution in [1.29, 1.82) is 0 Å². The van der Waals surface area contributed by atoms with Crippen molar-refractivity contribution < 1.29 is 64.5 Å². The summed E-state index contributed by atoms with van der Waals surface area (Å²) >= 11 is 0. The lowest BCUT2D eigenvalue weighted by molar-refractivity contribution is -0.202. The molecule has 0 aromatic rings. The highest BCUT2D eigenvalue weighted by Gasteiger charge is 2.65. The van der Waals surface area contributed by atoms with E-state index in [4.69, 9.17) is 0 Å². The van der Waals surface area contributed by atoms with E-state index in [0.717, 1.165) is 19.3 Å². The zero-order chi connectivity index (χ0) is 40.8. The summed E-state index contributed by atoms with van der Waals surface area (Å²) in [6.45, 7) is 4.21. The molecule has 4 saturated carbocycles. The number of amides is 1.